The minimum Gasteiger partial charge on any atom is 0 e. The van der Waals surface area contributed by atoms with Gasteiger partial charge in [-0.25, -0.2) is 0 Å². The van der Waals surface area contributed by atoms with Crippen LogP contribution < -0.4 is 11.5 Å². The molecule has 131 heavy (non-hydrogen) atoms. The summed E-state index contributed by atoms with van der Waals surface area (Å²) in [4.78, 5) is 18.0. The molecule has 0 radical (unpaired) electrons. The van der Waals surface area contributed by atoms with Gasteiger partial charge in [-0.05, 0) is 329 Å². The second-order valence-electron chi connectivity index (χ2n) is 28.9. The average molecular weight is 2270 g/mol. The van der Waals surface area contributed by atoms with E-state index < -0.39 is 11.9 Å². The number of thiocarbonyl (C=S) groups is 1. The zero-order valence-corrected chi connectivity index (χ0v) is 105. The van der Waals surface area contributed by atoms with E-state index in [-0.39, 0.29) is 24.6 Å². The van der Waals surface area contributed by atoms with E-state index in [9.17, 15) is 0 Å². The number of unbranched alkanes of at least 4 members (excludes halogenated alkanes) is 39. The first-order valence-electron chi connectivity index (χ1n) is 48.2. The summed E-state index contributed by atoms with van der Waals surface area (Å²) in [5.74, 6) is 14.5. The maximum absolute atomic E-state index is 9.00. The molecule has 0 bridgehead atoms. The zero-order valence-electron chi connectivity index (χ0n) is 86.9. The van der Waals surface area contributed by atoms with Crippen molar-refractivity contribution in [1.29, 1.82) is 0 Å². The van der Waals surface area contributed by atoms with Crippen LogP contribution in [0.15, 0.2) is 0 Å². The molecule has 0 aliphatic heterocycles. The molecule has 0 amide bonds. The first-order chi connectivity index (χ1) is 63.1. The van der Waals surface area contributed by atoms with Crippen molar-refractivity contribution in [3.8, 4) is 0 Å². The molecule has 0 unspecified atom stereocenters. The van der Waals surface area contributed by atoms with Gasteiger partial charge in [0.25, 0.3) is 11.9 Å². The number of nitrogens with two attached hydrogens (primary N) is 2. The van der Waals surface area contributed by atoms with Crippen LogP contribution in [0.2, 0.25) is 0 Å². The largest absolute Gasteiger partial charge is 0 e. The number of rotatable bonds is 77. The van der Waals surface area contributed by atoms with Crippen LogP contribution >= 0.6 is 176 Å². The molecular weight excluding hydrogens is 2050 g/mol. The topological polar surface area (TPSA) is 390 Å². The maximum Gasteiger partial charge on any atom is 0 e. The van der Waals surface area contributed by atoms with Gasteiger partial charge in [-0.3, -0.25) is 9.59 Å². The number of carboxylic acids is 2. The van der Waals surface area contributed by atoms with Crippen molar-refractivity contribution in [3.63, 3.8) is 0 Å². The number of carbonyl (C=O) groups is 2. The second-order valence-corrected chi connectivity index (χ2v) is 41.6. The molecule has 804 valence electrons. The molecule has 0 spiro atoms. The number of aliphatic hydroxyl groups excluding tert-OH is 13. The van der Waals surface area contributed by atoms with Crippen LogP contribution in [-0.4, -0.2) is 329 Å². The molecule has 0 aromatic rings. The van der Waals surface area contributed by atoms with Crippen molar-refractivity contribution < 1.29 is 122 Å². The smallest absolute Gasteiger partial charge is 0 e. The molecule has 19 nitrogen and oxygen atoms in total. The fourth-order valence-electron chi connectivity index (χ4n) is 9.12. The van der Waals surface area contributed by atoms with Crippen molar-refractivity contribution in [2.45, 2.75) is 348 Å². The number of thiol groups is 1. The van der Waals surface area contributed by atoms with Gasteiger partial charge >= 0.3 is 26.7 Å². The van der Waals surface area contributed by atoms with Crippen LogP contribution in [0.1, 0.15) is 348 Å². The third-order valence-electron chi connectivity index (χ3n) is 16.1. The van der Waals surface area contributed by atoms with Gasteiger partial charge in [0.1, 0.15) is 0 Å². The Morgan fingerprint density at radius 1 is 0.206 bits per heavy atom. The Balaban J connectivity index is -0.0000000651. The molecule has 0 rings (SSSR count). The van der Waals surface area contributed by atoms with Gasteiger partial charge in [0.05, 0.1) is 0 Å². The van der Waals surface area contributed by atoms with Crippen molar-refractivity contribution in [1.82, 2.24) is 0 Å². The summed E-state index contributed by atoms with van der Waals surface area (Å²) in [6.45, 7) is 6.83. The SMILES string of the molecule is CC(=O)O.CC(=O)O.CSCCCCCCO.CSCCCCCCO.CSCCCCCCO.CSCCCCCCO.CSCCCCCCO.CSCCCCCCO.CSCCCCCCO.CSCCCCCCO.CSCCCCCCO.CSCCCCCCO.CSCCCCCCO.CSCCCCCCO.NC(N)=S.OCCCCCCS.[S]=[Zn].[Zn]. The van der Waals surface area contributed by atoms with Crippen molar-refractivity contribution in [2.24, 2.45) is 11.5 Å². The van der Waals surface area contributed by atoms with Crippen LogP contribution in [0.5, 0.6) is 0 Å². The minimum absolute atomic E-state index is 0. The van der Waals surface area contributed by atoms with Gasteiger partial charge in [-0.1, -0.05) is 167 Å². The van der Waals surface area contributed by atoms with E-state index in [1.807, 2.05) is 141 Å². The van der Waals surface area contributed by atoms with Crippen LogP contribution in [0, 0.1) is 0 Å². The monoisotopic (exact) mass is 2270 g/mol. The second kappa shape index (κ2) is 224. The fraction of sp³-hybridized carbons (Fsp3) is 0.968. The summed E-state index contributed by atoms with van der Waals surface area (Å²) in [7, 11) is 4.21. The molecule has 0 fully saturated rings. The van der Waals surface area contributed by atoms with Gasteiger partial charge in [0.15, 0.2) is 5.11 Å². The van der Waals surface area contributed by atoms with Crippen LogP contribution in [0.4, 0.5) is 0 Å². The first kappa shape index (κ1) is 177. The molecule has 0 aliphatic carbocycles. The quantitative estimate of drug-likeness (QED) is 0.0116. The number of hydrogen-bond donors (Lipinski definition) is 18. The molecular formula is C95H218N2O17S15Zn2. The van der Waals surface area contributed by atoms with Gasteiger partial charge < -0.3 is 88.1 Å². The summed E-state index contributed by atoms with van der Waals surface area (Å²) in [6, 6.07) is 0. The van der Waals surface area contributed by atoms with Gasteiger partial charge in [-0.15, -0.1) is 0 Å². The third-order valence-corrected chi connectivity index (χ3v) is 24.8. The molecule has 0 saturated carbocycles. The van der Waals surface area contributed by atoms with E-state index in [4.69, 9.17) is 86.2 Å². The normalized spacial score (nSPS) is 9.45. The van der Waals surface area contributed by atoms with E-state index >= 15 is 0 Å². The Bertz CT molecular complexity index is 1210. The number of aliphatic carboxylic acids is 2. The van der Waals surface area contributed by atoms with Crippen LogP contribution in [-0.2, 0) is 45.6 Å². The number of carboxylic acid groups (broad SMARTS) is 2. The Hall–Kier alpha value is 4.13. The maximum atomic E-state index is 9.00. The van der Waals surface area contributed by atoms with E-state index in [0.717, 1.165) is 126 Å². The van der Waals surface area contributed by atoms with Crippen molar-refractivity contribution in [2.75, 3.05) is 236 Å². The van der Waals surface area contributed by atoms with Gasteiger partial charge in [-0.2, -0.15) is 154 Å². The first-order valence-corrected chi connectivity index (χ1v) is 70.2. The van der Waals surface area contributed by atoms with E-state index in [2.05, 4.69) is 121 Å². The minimum atomic E-state index is -0.833. The third kappa shape index (κ3) is 356. The van der Waals surface area contributed by atoms with E-state index in [0.29, 0.717) is 85.9 Å². The number of hydrogen-bond acceptors (Lipinski definition) is 30. The molecule has 0 saturated heterocycles. The zero-order chi connectivity index (χ0) is 102. The molecule has 0 atom stereocenters. The van der Waals surface area contributed by atoms with Crippen LogP contribution in [0.25, 0.3) is 0 Å². The average Bonchev–Trinajstić information content (AvgIpc) is 1.29. The van der Waals surface area contributed by atoms with Gasteiger partial charge in [0.2, 0.25) is 0 Å². The molecule has 19 N–H and O–H groups in total. The summed E-state index contributed by atoms with van der Waals surface area (Å²) >= 11 is 31.9. The Morgan fingerprint density at radius 2 is 0.267 bits per heavy atom. The standard InChI is InChI=1S/12C7H16OS.C6H14OS.2C2H4O2.CH4N2S.S.2Zn/c12*1-9-7-5-3-2-4-6-8;7-5-3-1-2-4-6-8;2*1-2(3)4;2-1(3)4;;;/h12*8H,2-7H2,1H3;7-8H,1-6H2;2*1H3,(H,3,4);(H4,2,3,4);;;. The molecule has 0 aromatic carbocycles. The van der Waals surface area contributed by atoms with Crippen molar-refractivity contribution in [3.05, 3.63) is 0 Å². The molecule has 0 heterocycles. The summed E-state index contributed by atoms with van der Waals surface area (Å²) in [6.07, 6.45) is 87.2. The Kier molecular flexibility index (Phi) is 302. The van der Waals surface area contributed by atoms with Gasteiger partial charge in [0, 0.05) is 119 Å². The Labute approximate surface area is 901 Å². The Morgan fingerprint density at radius 3 is 0.321 bits per heavy atom. The van der Waals surface area contributed by atoms with E-state index in [1.54, 1.807) is 0 Å². The number of thioether (sulfide) groups is 12. The fourth-order valence-corrected chi connectivity index (χ4v) is 15.3. The summed E-state index contributed by atoms with van der Waals surface area (Å²) in [5.41, 5.74) is 9.24. The van der Waals surface area contributed by atoms with Crippen LogP contribution in [0.3, 0.4) is 0 Å². The number of aliphatic hydroxyl groups is 13. The summed E-state index contributed by atoms with van der Waals surface area (Å²) in [5, 5.41) is 124. The molecule has 0 aliphatic rings. The summed E-state index contributed by atoms with van der Waals surface area (Å²) < 4.78 is 0. The van der Waals surface area contributed by atoms with Crippen molar-refractivity contribution >= 4 is 193 Å². The molecule has 0 aromatic heterocycles. The predicted molar refractivity (Wildman–Crippen MR) is 622 cm³/mol. The molecule has 36 heteroatoms. The van der Waals surface area contributed by atoms with E-state index in [1.165, 1.54) is 313 Å². The predicted octanol–water partition coefficient (Wildman–Crippen LogP) is 24.3.